The first-order valence-electron chi connectivity index (χ1n) is 6.79. The second-order valence-electron chi connectivity index (χ2n) is 4.78. The predicted octanol–water partition coefficient (Wildman–Crippen LogP) is 2.66. The topological polar surface area (TPSA) is 41.5 Å². The molecule has 0 aliphatic heterocycles. The highest BCUT2D eigenvalue weighted by molar-refractivity contribution is 5.23. The standard InChI is InChI=1S/C17H21NO2/c1-20-13-15-9-7-14(8-10-15)11-18-17(12-19)16-5-3-2-4-6-16/h2-10,17-19H,11-13H2,1H3/t17-/m1/s1. The fraction of sp³-hybridized carbons (Fsp3) is 0.294. The number of rotatable bonds is 7. The third-order valence-electron chi connectivity index (χ3n) is 3.27. The lowest BCUT2D eigenvalue weighted by Crippen LogP contribution is -2.23. The van der Waals surface area contributed by atoms with Crippen LogP contribution in [0, 0.1) is 0 Å². The monoisotopic (exact) mass is 271 g/mol. The Kier molecular flexibility index (Phi) is 5.74. The van der Waals surface area contributed by atoms with Gasteiger partial charge in [-0.2, -0.15) is 0 Å². The van der Waals surface area contributed by atoms with Gasteiger partial charge in [-0.3, -0.25) is 0 Å². The maximum atomic E-state index is 9.49. The van der Waals surface area contributed by atoms with Crippen LogP contribution in [0.3, 0.4) is 0 Å². The third-order valence-corrected chi connectivity index (χ3v) is 3.27. The van der Waals surface area contributed by atoms with Crippen LogP contribution in [0.1, 0.15) is 22.7 Å². The molecule has 0 aromatic heterocycles. The Morgan fingerprint density at radius 2 is 1.65 bits per heavy atom. The molecule has 0 aliphatic rings. The third kappa shape index (κ3) is 4.17. The number of aliphatic hydroxyl groups excluding tert-OH is 1. The van der Waals surface area contributed by atoms with Crippen molar-refractivity contribution in [1.82, 2.24) is 5.32 Å². The van der Waals surface area contributed by atoms with E-state index in [9.17, 15) is 5.11 Å². The average Bonchev–Trinajstić information content (AvgIpc) is 2.51. The molecule has 0 saturated carbocycles. The average molecular weight is 271 g/mol. The van der Waals surface area contributed by atoms with Crippen molar-refractivity contribution >= 4 is 0 Å². The molecule has 0 heterocycles. The molecule has 0 spiro atoms. The highest BCUT2D eigenvalue weighted by Crippen LogP contribution is 2.13. The van der Waals surface area contributed by atoms with E-state index in [0.29, 0.717) is 6.61 Å². The van der Waals surface area contributed by atoms with E-state index in [2.05, 4.69) is 29.6 Å². The predicted molar refractivity (Wildman–Crippen MR) is 80.3 cm³/mol. The van der Waals surface area contributed by atoms with Crippen molar-refractivity contribution < 1.29 is 9.84 Å². The molecular formula is C17H21NO2. The lowest BCUT2D eigenvalue weighted by Gasteiger charge is -2.16. The molecule has 0 amide bonds. The van der Waals surface area contributed by atoms with Gasteiger partial charge in [0.1, 0.15) is 0 Å². The van der Waals surface area contributed by atoms with E-state index in [-0.39, 0.29) is 12.6 Å². The van der Waals surface area contributed by atoms with Gasteiger partial charge in [-0.1, -0.05) is 54.6 Å². The molecule has 1 atom stereocenters. The van der Waals surface area contributed by atoms with E-state index in [1.54, 1.807) is 7.11 Å². The Labute approximate surface area is 120 Å². The number of nitrogens with one attached hydrogen (secondary N) is 1. The Morgan fingerprint density at radius 3 is 2.25 bits per heavy atom. The molecule has 106 valence electrons. The van der Waals surface area contributed by atoms with Crippen LogP contribution in [-0.2, 0) is 17.9 Å². The summed E-state index contributed by atoms with van der Waals surface area (Å²) < 4.78 is 5.09. The Balaban J connectivity index is 1.93. The number of methoxy groups -OCH3 is 1. The number of ether oxygens (including phenoxy) is 1. The normalized spacial score (nSPS) is 12.3. The fourth-order valence-electron chi connectivity index (χ4n) is 2.13. The molecule has 3 heteroatoms. The van der Waals surface area contributed by atoms with Crippen molar-refractivity contribution in [3.05, 3.63) is 71.3 Å². The molecule has 2 aromatic rings. The van der Waals surface area contributed by atoms with E-state index in [0.717, 1.165) is 17.7 Å². The van der Waals surface area contributed by atoms with Gasteiger partial charge in [0.15, 0.2) is 0 Å². The summed E-state index contributed by atoms with van der Waals surface area (Å²) in [4.78, 5) is 0. The molecule has 0 saturated heterocycles. The number of hydrogen-bond acceptors (Lipinski definition) is 3. The minimum absolute atomic E-state index is 0.0325. The molecule has 0 fully saturated rings. The van der Waals surface area contributed by atoms with Gasteiger partial charge in [0.05, 0.1) is 19.3 Å². The first-order valence-corrected chi connectivity index (χ1v) is 6.79. The molecule has 0 unspecified atom stereocenters. The quantitative estimate of drug-likeness (QED) is 0.813. The van der Waals surface area contributed by atoms with E-state index >= 15 is 0 Å². The van der Waals surface area contributed by atoms with Gasteiger partial charge in [-0.25, -0.2) is 0 Å². The molecule has 0 bridgehead atoms. The Bertz CT molecular complexity index is 496. The van der Waals surface area contributed by atoms with Crippen LogP contribution in [0.15, 0.2) is 54.6 Å². The second kappa shape index (κ2) is 7.80. The van der Waals surface area contributed by atoms with Crippen molar-refractivity contribution in [1.29, 1.82) is 0 Å². The smallest absolute Gasteiger partial charge is 0.0713 e. The van der Waals surface area contributed by atoms with Crippen molar-refractivity contribution in [2.24, 2.45) is 0 Å². The fourth-order valence-corrected chi connectivity index (χ4v) is 2.13. The molecule has 2 rings (SSSR count). The number of benzene rings is 2. The van der Waals surface area contributed by atoms with Gasteiger partial charge in [0, 0.05) is 13.7 Å². The van der Waals surface area contributed by atoms with Gasteiger partial charge >= 0.3 is 0 Å². The zero-order valence-electron chi connectivity index (χ0n) is 11.8. The van der Waals surface area contributed by atoms with Crippen molar-refractivity contribution in [2.45, 2.75) is 19.2 Å². The Hall–Kier alpha value is -1.68. The number of hydrogen-bond donors (Lipinski definition) is 2. The van der Waals surface area contributed by atoms with Crippen LogP contribution in [0.4, 0.5) is 0 Å². The molecule has 0 aliphatic carbocycles. The first-order chi connectivity index (χ1) is 9.83. The summed E-state index contributed by atoms with van der Waals surface area (Å²) >= 11 is 0. The summed E-state index contributed by atoms with van der Waals surface area (Å²) in [5, 5.41) is 12.9. The van der Waals surface area contributed by atoms with Gasteiger partial charge < -0.3 is 15.2 Å². The van der Waals surface area contributed by atoms with Gasteiger partial charge in [-0.15, -0.1) is 0 Å². The van der Waals surface area contributed by atoms with Crippen LogP contribution < -0.4 is 5.32 Å². The molecule has 2 N–H and O–H groups in total. The minimum atomic E-state index is -0.0325. The SMILES string of the molecule is COCc1ccc(CN[C@H](CO)c2ccccc2)cc1. The van der Waals surface area contributed by atoms with Crippen molar-refractivity contribution in [2.75, 3.05) is 13.7 Å². The number of aliphatic hydroxyl groups is 1. The van der Waals surface area contributed by atoms with Crippen LogP contribution in [0.2, 0.25) is 0 Å². The van der Waals surface area contributed by atoms with Crippen LogP contribution in [-0.4, -0.2) is 18.8 Å². The molecule has 2 aromatic carbocycles. The van der Waals surface area contributed by atoms with E-state index in [1.165, 1.54) is 5.56 Å². The zero-order valence-corrected chi connectivity index (χ0v) is 11.8. The van der Waals surface area contributed by atoms with Gasteiger partial charge in [0.25, 0.3) is 0 Å². The second-order valence-corrected chi connectivity index (χ2v) is 4.78. The van der Waals surface area contributed by atoms with E-state index < -0.39 is 0 Å². The highest BCUT2D eigenvalue weighted by Gasteiger charge is 2.08. The lowest BCUT2D eigenvalue weighted by atomic mass is 10.1. The zero-order chi connectivity index (χ0) is 14.2. The van der Waals surface area contributed by atoms with Crippen LogP contribution >= 0.6 is 0 Å². The summed E-state index contributed by atoms with van der Waals surface area (Å²) in [6.45, 7) is 1.45. The maximum absolute atomic E-state index is 9.49. The van der Waals surface area contributed by atoms with Crippen molar-refractivity contribution in [3.63, 3.8) is 0 Å². The summed E-state index contributed by atoms with van der Waals surface area (Å²) in [7, 11) is 1.70. The molecule has 0 radical (unpaired) electrons. The summed E-state index contributed by atoms with van der Waals surface area (Å²) in [5.74, 6) is 0. The summed E-state index contributed by atoms with van der Waals surface area (Å²) in [5.41, 5.74) is 3.46. The largest absolute Gasteiger partial charge is 0.394 e. The lowest BCUT2D eigenvalue weighted by molar-refractivity contribution is 0.185. The molecule has 20 heavy (non-hydrogen) atoms. The van der Waals surface area contributed by atoms with Gasteiger partial charge in [0.2, 0.25) is 0 Å². The summed E-state index contributed by atoms with van der Waals surface area (Å²) in [6.07, 6.45) is 0. The van der Waals surface area contributed by atoms with Crippen LogP contribution in [0.25, 0.3) is 0 Å². The van der Waals surface area contributed by atoms with Gasteiger partial charge in [-0.05, 0) is 16.7 Å². The molecular weight excluding hydrogens is 250 g/mol. The van der Waals surface area contributed by atoms with E-state index in [4.69, 9.17) is 4.74 Å². The molecule has 3 nitrogen and oxygen atoms in total. The van der Waals surface area contributed by atoms with E-state index in [1.807, 2.05) is 30.3 Å². The highest BCUT2D eigenvalue weighted by atomic mass is 16.5. The first kappa shape index (κ1) is 14.7. The Morgan fingerprint density at radius 1 is 1.00 bits per heavy atom. The van der Waals surface area contributed by atoms with Crippen molar-refractivity contribution in [3.8, 4) is 0 Å². The summed E-state index contributed by atoms with van der Waals surface area (Å²) in [6, 6.07) is 18.3. The van der Waals surface area contributed by atoms with Crippen LogP contribution in [0.5, 0.6) is 0 Å². The maximum Gasteiger partial charge on any atom is 0.0713 e. The minimum Gasteiger partial charge on any atom is -0.394 e.